The fourth-order valence-electron chi connectivity index (χ4n) is 2.86. The van der Waals surface area contributed by atoms with Crippen molar-refractivity contribution in [3.63, 3.8) is 0 Å². The monoisotopic (exact) mass is 316 g/mol. The molecule has 1 saturated heterocycles. The molecule has 2 fully saturated rings. The Morgan fingerprint density at radius 3 is 2.61 bits per heavy atom. The van der Waals surface area contributed by atoms with E-state index in [0.29, 0.717) is 23.8 Å². The summed E-state index contributed by atoms with van der Waals surface area (Å²) in [6.07, 6.45) is 4.43. The lowest BCUT2D eigenvalue weighted by molar-refractivity contribution is 0.0951. The van der Waals surface area contributed by atoms with Gasteiger partial charge in [0.25, 0.3) is 5.91 Å². The maximum absolute atomic E-state index is 12.6. The molecule has 3 rings (SSSR count). The Hall–Kier alpha value is -2.24. The van der Waals surface area contributed by atoms with Crippen molar-refractivity contribution >= 4 is 23.3 Å². The number of benzene rings is 1. The van der Waals surface area contributed by atoms with E-state index in [-0.39, 0.29) is 11.9 Å². The van der Waals surface area contributed by atoms with E-state index in [1.165, 1.54) is 0 Å². The highest BCUT2D eigenvalue weighted by Crippen LogP contribution is 2.29. The van der Waals surface area contributed by atoms with Gasteiger partial charge in [0.15, 0.2) is 0 Å². The van der Waals surface area contributed by atoms with Crippen LogP contribution in [0.2, 0.25) is 0 Å². The minimum absolute atomic E-state index is 0.0473. The van der Waals surface area contributed by atoms with Crippen molar-refractivity contribution in [2.45, 2.75) is 38.6 Å². The fourth-order valence-corrected chi connectivity index (χ4v) is 2.86. The molecule has 6 nitrogen and oxygen atoms in total. The molecular formula is C17H24N4O2. The van der Waals surface area contributed by atoms with Gasteiger partial charge in [0.1, 0.15) is 0 Å². The van der Waals surface area contributed by atoms with E-state index in [1.807, 2.05) is 19.1 Å². The van der Waals surface area contributed by atoms with Gasteiger partial charge in [-0.2, -0.15) is 0 Å². The van der Waals surface area contributed by atoms with Crippen molar-refractivity contribution in [2.75, 3.05) is 29.9 Å². The first-order chi connectivity index (χ1) is 11.2. The van der Waals surface area contributed by atoms with Crippen LogP contribution in [0.5, 0.6) is 0 Å². The van der Waals surface area contributed by atoms with E-state index in [2.05, 4.69) is 20.9 Å². The van der Waals surface area contributed by atoms with E-state index in [9.17, 15) is 9.59 Å². The van der Waals surface area contributed by atoms with E-state index in [0.717, 1.165) is 44.5 Å². The average molecular weight is 316 g/mol. The number of urea groups is 1. The maximum atomic E-state index is 12.6. The molecule has 0 spiro atoms. The van der Waals surface area contributed by atoms with Crippen LogP contribution in [0.3, 0.4) is 0 Å². The molecule has 1 aliphatic carbocycles. The van der Waals surface area contributed by atoms with Crippen LogP contribution in [0.4, 0.5) is 16.2 Å². The summed E-state index contributed by atoms with van der Waals surface area (Å²) >= 11 is 0. The highest BCUT2D eigenvalue weighted by Gasteiger charge is 2.26. The molecule has 1 heterocycles. The van der Waals surface area contributed by atoms with Gasteiger partial charge < -0.3 is 20.9 Å². The molecule has 0 aromatic heterocycles. The zero-order valence-electron chi connectivity index (χ0n) is 13.5. The van der Waals surface area contributed by atoms with Crippen LogP contribution in [0.1, 0.15) is 43.0 Å². The lowest BCUT2D eigenvalue weighted by Gasteiger charge is -2.22. The minimum atomic E-state index is -0.255. The number of nitrogens with one attached hydrogen (secondary N) is 3. The largest absolute Gasteiger partial charge is 0.371 e. The predicted octanol–water partition coefficient (Wildman–Crippen LogP) is 2.32. The summed E-state index contributed by atoms with van der Waals surface area (Å²) in [7, 11) is 0. The summed E-state index contributed by atoms with van der Waals surface area (Å²) in [4.78, 5) is 26.5. The maximum Gasteiger partial charge on any atom is 0.319 e. The lowest BCUT2D eigenvalue weighted by Crippen LogP contribution is -2.30. The number of nitrogens with zero attached hydrogens (tertiary/aromatic N) is 1. The fraction of sp³-hybridized carbons (Fsp3) is 0.529. The van der Waals surface area contributed by atoms with Crippen LogP contribution in [0, 0.1) is 0 Å². The Bertz CT molecular complexity index is 592. The van der Waals surface area contributed by atoms with Gasteiger partial charge in [-0.15, -0.1) is 0 Å². The van der Waals surface area contributed by atoms with Crippen molar-refractivity contribution in [1.29, 1.82) is 0 Å². The normalized spacial score (nSPS) is 17.0. The first-order valence-electron chi connectivity index (χ1n) is 8.42. The van der Waals surface area contributed by atoms with Gasteiger partial charge in [-0.25, -0.2) is 4.79 Å². The Kier molecular flexibility index (Phi) is 4.69. The van der Waals surface area contributed by atoms with E-state index in [4.69, 9.17) is 0 Å². The van der Waals surface area contributed by atoms with Gasteiger partial charge in [0.2, 0.25) is 0 Å². The molecule has 2 aliphatic rings. The molecule has 3 amide bonds. The molecule has 1 aromatic rings. The first-order valence-corrected chi connectivity index (χ1v) is 8.42. The highest BCUT2D eigenvalue weighted by atomic mass is 16.2. The molecule has 124 valence electrons. The molecule has 1 aromatic carbocycles. The average Bonchev–Trinajstić information content (AvgIpc) is 3.17. The van der Waals surface area contributed by atoms with Crippen LogP contribution < -0.4 is 20.9 Å². The Labute approximate surface area is 136 Å². The molecule has 23 heavy (non-hydrogen) atoms. The molecule has 0 bridgehead atoms. The van der Waals surface area contributed by atoms with Crippen molar-refractivity contribution in [3.05, 3.63) is 23.8 Å². The van der Waals surface area contributed by atoms with Gasteiger partial charge in [-0.3, -0.25) is 4.79 Å². The standard InChI is InChI=1S/C17H24N4O2/c1-2-18-17(23)20-13-7-8-15(21-9-3-4-10-21)14(11-13)16(22)19-12-5-6-12/h7-8,11-12H,2-6,9-10H2,1H3,(H,19,22)(H2,18,20,23). The third-order valence-electron chi connectivity index (χ3n) is 4.20. The van der Waals surface area contributed by atoms with Crippen molar-refractivity contribution < 1.29 is 9.59 Å². The van der Waals surface area contributed by atoms with Gasteiger partial charge >= 0.3 is 6.03 Å². The quantitative estimate of drug-likeness (QED) is 0.780. The Morgan fingerprint density at radius 1 is 1.22 bits per heavy atom. The number of anilines is 2. The molecular weight excluding hydrogens is 292 g/mol. The topological polar surface area (TPSA) is 73.5 Å². The van der Waals surface area contributed by atoms with Gasteiger partial charge in [0, 0.05) is 37.1 Å². The highest BCUT2D eigenvalue weighted by molar-refractivity contribution is 6.02. The summed E-state index contributed by atoms with van der Waals surface area (Å²) in [6.45, 7) is 4.39. The molecule has 0 radical (unpaired) electrons. The number of hydrogen-bond acceptors (Lipinski definition) is 3. The zero-order valence-corrected chi connectivity index (χ0v) is 13.5. The second kappa shape index (κ2) is 6.89. The van der Waals surface area contributed by atoms with Crippen molar-refractivity contribution in [1.82, 2.24) is 10.6 Å². The molecule has 6 heteroatoms. The third-order valence-corrected chi connectivity index (χ3v) is 4.20. The van der Waals surface area contributed by atoms with Gasteiger partial charge in [-0.05, 0) is 50.8 Å². The number of rotatable bonds is 5. The number of carbonyl (C=O) groups excluding carboxylic acids is 2. The van der Waals surface area contributed by atoms with Crippen LogP contribution in [0.15, 0.2) is 18.2 Å². The Morgan fingerprint density at radius 2 is 1.96 bits per heavy atom. The number of carbonyl (C=O) groups is 2. The third kappa shape index (κ3) is 3.94. The van der Waals surface area contributed by atoms with Crippen LogP contribution in [-0.4, -0.2) is 37.6 Å². The minimum Gasteiger partial charge on any atom is -0.371 e. The van der Waals surface area contributed by atoms with Crippen LogP contribution in [-0.2, 0) is 0 Å². The lowest BCUT2D eigenvalue weighted by atomic mass is 10.1. The predicted molar refractivity (Wildman–Crippen MR) is 91.1 cm³/mol. The van der Waals surface area contributed by atoms with E-state index in [1.54, 1.807) is 6.07 Å². The summed E-state index contributed by atoms with van der Waals surface area (Å²) in [6, 6.07) is 5.63. The number of amides is 3. The Balaban J connectivity index is 1.83. The molecule has 3 N–H and O–H groups in total. The summed E-state index contributed by atoms with van der Waals surface area (Å²) in [5, 5.41) is 8.52. The molecule has 0 atom stereocenters. The summed E-state index contributed by atoms with van der Waals surface area (Å²) in [5.41, 5.74) is 2.25. The number of hydrogen-bond donors (Lipinski definition) is 3. The van der Waals surface area contributed by atoms with E-state index < -0.39 is 0 Å². The SMILES string of the molecule is CCNC(=O)Nc1ccc(N2CCCC2)c(C(=O)NC2CC2)c1. The van der Waals surface area contributed by atoms with Crippen LogP contribution in [0.25, 0.3) is 0 Å². The summed E-state index contributed by atoms with van der Waals surface area (Å²) in [5.74, 6) is -0.0473. The van der Waals surface area contributed by atoms with Crippen molar-refractivity contribution in [2.24, 2.45) is 0 Å². The van der Waals surface area contributed by atoms with Crippen molar-refractivity contribution in [3.8, 4) is 0 Å². The molecule has 1 saturated carbocycles. The molecule has 1 aliphatic heterocycles. The second-order valence-electron chi connectivity index (χ2n) is 6.16. The molecule has 0 unspecified atom stereocenters. The zero-order chi connectivity index (χ0) is 16.2. The van der Waals surface area contributed by atoms with Gasteiger partial charge in [0.05, 0.1) is 5.56 Å². The van der Waals surface area contributed by atoms with E-state index >= 15 is 0 Å². The second-order valence-corrected chi connectivity index (χ2v) is 6.16. The smallest absolute Gasteiger partial charge is 0.319 e. The first kappa shape index (κ1) is 15.6. The van der Waals surface area contributed by atoms with Gasteiger partial charge in [-0.1, -0.05) is 0 Å². The summed E-state index contributed by atoms with van der Waals surface area (Å²) < 4.78 is 0. The van der Waals surface area contributed by atoms with Crippen LogP contribution >= 0.6 is 0 Å².